The largest absolute Gasteiger partial charge is 0.462 e. The van der Waals surface area contributed by atoms with Gasteiger partial charge in [0.05, 0.1) is 0 Å². The average molecular weight is 895 g/mol. The Hall–Kier alpha value is -2.89. The highest BCUT2D eigenvalue weighted by molar-refractivity contribution is 5.71. The minimum atomic E-state index is -0.796. The SMILES string of the molecule is CCCCC/C=C\C/C=C\CCCCCCCCCC(=O)OCC(COC(=O)CCCCC/C=C\CCCCCCCC)OC(=O)CCCCC/C=C\C=C/CCCCCCCCC. The van der Waals surface area contributed by atoms with Gasteiger partial charge in [0.1, 0.15) is 13.2 Å². The van der Waals surface area contributed by atoms with E-state index in [4.69, 9.17) is 14.2 Å². The summed E-state index contributed by atoms with van der Waals surface area (Å²) in [4.78, 5) is 38.0. The van der Waals surface area contributed by atoms with Gasteiger partial charge in [0.25, 0.3) is 0 Å². The van der Waals surface area contributed by atoms with Gasteiger partial charge in [-0.25, -0.2) is 0 Å². The molecule has 0 spiro atoms. The van der Waals surface area contributed by atoms with Crippen LogP contribution in [0.25, 0.3) is 0 Å². The van der Waals surface area contributed by atoms with Crippen molar-refractivity contribution in [1.29, 1.82) is 0 Å². The van der Waals surface area contributed by atoms with Gasteiger partial charge in [0, 0.05) is 19.3 Å². The van der Waals surface area contributed by atoms with Gasteiger partial charge in [-0.2, -0.15) is 0 Å². The molecular formula is C58H102O6. The summed E-state index contributed by atoms with van der Waals surface area (Å²) in [5.74, 6) is -0.937. The third-order valence-electron chi connectivity index (χ3n) is 11.7. The van der Waals surface area contributed by atoms with Gasteiger partial charge < -0.3 is 14.2 Å². The summed E-state index contributed by atoms with van der Waals surface area (Å²) in [5.41, 5.74) is 0. The number of carbonyl (C=O) groups is 3. The molecule has 0 amide bonds. The molecule has 6 nitrogen and oxygen atoms in total. The summed E-state index contributed by atoms with van der Waals surface area (Å²) in [6.45, 7) is 6.57. The second-order valence-electron chi connectivity index (χ2n) is 18.2. The van der Waals surface area contributed by atoms with E-state index in [0.29, 0.717) is 19.3 Å². The van der Waals surface area contributed by atoms with E-state index in [-0.39, 0.29) is 31.1 Å². The molecule has 0 aliphatic carbocycles. The van der Waals surface area contributed by atoms with Gasteiger partial charge in [-0.3, -0.25) is 14.4 Å². The molecule has 370 valence electrons. The molecule has 0 bridgehead atoms. The van der Waals surface area contributed by atoms with Gasteiger partial charge in [-0.05, 0) is 103 Å². The van der Waals surface area contributed by atoms with Crippen LogP contribution in [0.2, 0.25) is 0 Å². The van der Waals surface area contributed by atoms with Crippen molar-refractivity contribution in [2.45, 2.75) is 277 Å². The second-order valence-corrected chi connectivity index (χ2v) is 18.2. The van der Waals surface area contributed by atoms with Crippen molar-refractivity contribution in [2.24, 2.45) is 0 Å². The van der Waals surface area contributed by atoms with Crippen LogP contribution in [-0.2, 0) is 28.6 Å². The van der Waals surface area contributed by atoms with Crippen LogP contribution in [0.3, 0.4) is 0 Å². The topological polar surface area (TPSA) is 78.9 Å². The van der Waals surface area contributed by atoms with E-state index >= 15 is 0 Å². The van der Waals surface area contributed by atoms with Gasteiger partial charge in [0.2, 0.25) is 0 Å². The molecule has 0 aromatic carbocycles. The molecule has 0 aliphatic rings. The molecular weight excluding hydrogens is 793 g/mol. The molecule has 0 rings (SSSR count). The first-order chi connectivity index (χ1) is 31.5. The standard InChI is InChI=1S/C58H102O6/c1-4-7-10-13-16-19-22-25-27-29-31-33-36-39-42-45-48-51-57(60)63-54-55(53-62-56(59)50-47-44-41-38-35-32-24-21-18-15-12-9-6-3)64-58(61)52-49-46-43-40-37-34-30-28-26-23-20-17-14-11-8-5-2/h16,19,25,27-28,30,32,34-35,37,55H,4-15,17-18,20-24,26,29,31,33,36,38-54H2,1-3H3/b19-16-,27-25-,30-28-,35-32-,37-34-. The summed E-state index contributed by atoms with van der Waals surface area (Å²) in [5, 5.41) is 0. The first-order valence-electron chi connectivity index (χ1n) is 27.3. The Morgan fingerprint density at radius 2 is 0.609 bits per heavy atom. The predicted octanol–water partition coefficient (Wildman–Crippen LogP) is 18.0. The third kappa shape index (κ3) is 50.1. The third-order valence-corrected chi connectivity index (χ3v) is 11.7. The predicted molar refractivity (Wildman–Crippen MR) is 275 cm³/mol. The summed E-state index contributed by atoms with van der Waals surface area (Å²) in [7, 11) is 0. The van der Waals surface area contributed by atoms with E-state index in [1.807, 2.05) is 0 Å². The second kappa shape index (κ2) is 52.7. The number of allylic oxidation sites excluding steroid dienone is 10. The Bertz CT molecular complexity index is 1170. The Morgan fingerprint density at radius 1 is 0.328 bits per heavy atom. The quantitative estimate of drug-likeness (QED) is 0.0199. The van der Waals surface area contributed by atoms with Crippen molar-refractivity contribution in [2.75, 3.05) is 13.2 Å². The normalized spacial score (nSPS) is 12.5. The lowest BCUT2D eigenvalue weighted by molar-refractivity contribution is -0.167. The van der Waals surface area contributed by atoms with Crippen LogP contribution in [0.5, 0.6) is 0 Å². The Balaban J connectivity index is 4.44. The molecule has 0 saturated carbocycles. The molecule has 0 aromatic heterocycles. The maximum absolute atomic E-state index is 12.8. The number of hydrogen-bond donors (Lipinski definition) is 0. The molecule has 0 N–H and O–H groups in total. The van der Waals surface area contributed by atoms with E-state index < -0.39 is 6.10 Å². The summed E-state index contributed by atoms with van der Waals surface area (Å²) in [6.07, 6.45) is 64.9. The van der Waals surface area contributed by atoms with E-state index in [1.54, 1.807) is 0 Å². The zero-order chi connectivity index (χ0) is 46.5. The maximum Gasteiger partial charge on any atom is 0.306 e. The lowest BCUT2D eigenvalue weighted by Crippen LogP contribution is -2.30. The van der Waals surface area contributed by atoms with E-state index in [0.717, 1.165) is 96.3 Å². The summed E-state index contributed by atoms with van der Waals surface area (Å²) < 4.78 is 16.8. The zero-order valence-electron chi connectivity index (χ0n) is 42.3. The van der Waals surface area contributed by atoms with Gasteiger partial charge in [-0.1, -0.05) is 210 Å². The van der Waals surface area contributed by atoms with Crippen LogP contribution < -0.4 is 0 Å². The van der Waals surface area contributed by atoms with Crippen LogP contribution in [0.15, 0.2) is 60.8 Å². The fourth-order valence-electron chi connectivity index (χ4n) is 7.58. The Labute approximate surface area is 396 Å². The molecule has 6 heteroatoms. The minimum Gasteiger partial charge on any atom is -0.462 e. The number of hydrogen-bond acceptors (Lipinski definition) is 6. The van der Waals surface area contributed by atoms with Gasteiger partial charge in [0.15, 0.2) is 6.10 Å². The van der Waals surface area contributed by atoms with Crippen LogP contribution >= 0.6 is 0 Å². The van der Waals surface area contributed by atoms with Crippen molar-refractivity contribution in [1.82, 2.24) is 0 Å². The summed E-state index contributed by atoms with van der Waals surface area (Å²) >= 11 is 0. The van der Waals surface area contributed by atoms with Crippen molar-refractivity contribution in [3.63, 3.8) is 0 Å². The fourth-order valence-corrected chi connectivity index (χ4v) is 7.58. The number of carbonyl (C=O) groups excluding carboxylic acids is 3. The monoisotopic (exact) mass is 895 g/mol. The van der Waals surface area contributed by atoms with Gasteiger partial charge in [-0.15, -0.1) is 0 Å². The highest BCUT2D eigenvalue weighted by Gasteiger charge is 2.19. The smallest absolute Gasteiger partial charge is 0.306 e. The molecule has 0 heterocycles. The maximum atomic E-state index is 12.8. The van der Waals surface area contributed by atoms with E-state index in [9.17, 15) is 14.4 Å². The van der Waals surface area contributed by atoms with E-state index in [2.05, 4.69) is 81.5 Å². The number of rotatable bonds is 49. The van der Waals surface area contributed by atoms with Crippen LogP contribution in [0, 0.1) is 0 Å². The molecule has 0 fully saturated rings. The molecule has 0 aromatic rings. The molecule has 0 radical (unpaired) electrons. The Kier molecular flexibility index (Phi) is 50.4. The molecule has 1 atom stereocenters. The van der Waals surface area contributed by atoms with Crippen molar-refractivity contribution in [3.05, 3.63) is 60.8 Å². The first-order valence-corrected chi connectivity index (χ1v) is 27.3. The number of ether oxygens (including phenoxy) is 3. The molecule has 0 saturated heterocycles. The molecule has 0 aliphatic heterocycles. The molecule has 1 unspecified atom stereocenters. The van der Waals surface area contributed by atoms with Crippen LogP contribution in [0.4, 0.5) is 0 Å². The highest BCUT2D eigenvalue weighted by Crippen LogP contribution is 2.14. The lowest BCUT2D eigenvalue weighted by Gasteiger charge is -2.18. The zero-order valence-corrected chi connectivity index (χ0v) is 42.3. The summed E-state index contributed by atoms with van der Waals surface area (Å²) in [6, 6.07) is 0. The number of esters is 3. The highest BCUT2D eigenvalue weighted by atomic mass is 16.6. The van der Waals surface area contributed by atoms with Crippen LogP contribution in [0.1, 0.15) is 271 Å². The molecule has 64 heavy (non-hydrogen) atoms. The van der Waals surface area contributed by atoms with Crippen molar-refractivity contribution < 1.29 is 28.6 Å². The van der Waals surface area contributed by atoms with E-state index in [1.165, 1.54) is 135 Å². The first kappa shape index (κ1) is 61.1. The van der Waals surface area contributed by atoms with Gasteiger partial charge >= 0.3 is 17.9 Å². The fraction of sp³-hybridized carbons (Fsp3) is 0.776. The number of unbranched alkanes of at least 4 members (excludes halogenated alkanes) is 29. The average Bonchev–Trinajstić information content (AvgIpc) is 3.29. The minimum absolute atomic E-state index is 0.0934. The van der Waals surface area contributed by atoms with Crippen LogP contribution in [-0.4, -0.2) is 37.2 Å². The Morgan fingerprint density at radius 3 is 1.02 bits per heavy atom. The van der Waals surface area contributed by atoms with Crippen molar-refractivity contribution >= 4 is 17.9 Å². The lowest BCUT2D eigenvalue weighted by atomic mass is 10.1. The van der Waals surface area contributed by atoms with Crippen molar-refractivity contribution in [3.8, 4) is 0 Å².